The van der Waals surface area contributed by atoms with Crippen LogP contribution in [0.2, 0.25) is 0 Å². The minimum absolute atomic E-state index is 0.979. The van der Waals surface area contributed by atoms with Crippen LogP contribution in [0.15, 0.2) is 76.3 Å². The molecule has 20 heavy (non-hydrogen) atoms. The zero-order valence-electron chi connectivity index (χ0n) is 10.8. The van der Waals surface area contributed by atoms with E-state index >= 15 is 0 Å². The molecule has 2 nitrogen and oxygen atoms in total. The minimum atomic E-state index is 0.979. The number of rotatable bonds is 3. The predicted octanol–water partition coefficient (Wildman–Crippen LogP) is 5.05. The molecular weight excluding hydrogens is 312 g/mol. The first-order valence-corrected chi connectivity index (χ1v) is 7.15. The Balaban J connectivity index is 1.78. The van der Waals surface area contributed by atoms with Crippen molar-refractivity contribution in [1.82, 2.24) is 0 Å². The Hall–Kier alpha value is -2.13. The number of hydrazone groups is 1. The van der Waals surface area contributed by atoms with Gasteiger partial charge in [-0.15, -0.1) is 0 Å². The molecular formula is C17H13BrN2. The maximum atomic E-state index is 4.27. The van der Waals surface area contributed by atoms with E-state index in [9.17, 15) is 0 Å². The second-order valence-corrected chi connectivity index (χ2v) is 5.31. The Morgan fingerprint density at radius 1 is 0.850 bits per heavy atom. The topological polar surface area (TPSA) is 24.4 Å². The molecule has 3 aromatic carbocycles. The Labute approximate surface area is 126 Å². The normalized spacial score (nSPS) is 11.1. The zero-order valence-corrected chi connectivity index (χ0v) is 12.3. The fourth-order valence-electron chi connectivity index (χ4n) is 2.02. The van der Waals surface area contributed by atoms with Crippen molar-refractivity contribution in [1.29, 1.82) is 0 Å². The Kier molecular flexibility index (Phi) is 3.79. The Morgan fingerprint density at radius 3 is 2.45 bits per heavy atom. The summed E-state index contributed by atoms with van der Waals surface area (Å²) in [7, 11) is 0. The minimum Gasteiger partial charge on any atom is -0.278 e. The largest absolute Gasteiger partial charge is 0.278 e. The molecule has 0 amide bonds. The van der Waals surface area contributed by atoms with E-state index in [1.54, 1.807) is 6.21 Å². The summed E-state index contributed by atoms with van der Waals surface area (Å²) in [6, 6.07) is 22.5. The number of halogens is 1. The van der Waals surface area contributed by atoms with Crippen molar-refractivity contribution in [2.24, 2.45) is 5.10 Å². The molecule has 0 atom stereocenters. The molecule has 3 rings (SSSR count). The van der Waals surface area contributed by atoms with Gasteiger partial charge in [-0.05, 0) is 29.0 Å². The van der Waals surface area contributed by atoms with Gasteiger partial charge in [0.05, 0.1) is 11.9 Å². The third kappa shape index (κ3) is 2.89. The van der Waals surface area contributed by atoms with Gasteiger partial charge in [-0.1, -0.05) is 64.5 Å². The van der Waals surface area contributed by atoms with Crippen LogP contribution in [0.3, 0.4) is 0 Å². The van der Waals surface area contributed by atoms with Crippen LogP contribution >= 0.6 is 15.9 Å². The highest BCUT2D eigenvalue weighted by molar-refractivity contribution is 9.10. The molecule has 0 spiro atoms. The van der Waals surface area contributed by atoms with Gasteiger partial charge in [0.15, 0.2) is 0 Å². The summed E-state index contributed by atoms with van der Waals surface area (Å²) < 4.78 is 1.03. The summed E-state index contributed by atoms with van der Waals surface area (Å²) in [4.78, 5) is 0. The van der Waals surface area contributed by atoms with E-state index in [0.29, 0.717) is 0 Å². The molecule has 0 unspecified atom stereocenters. The first kappa shape index (κ1) is 12.9. The van der Waals surface area contributed by atoms with Gasteiger partial charge in [-0.2, -0.15) is 5.10 Å². The molecule has 0 aliphatic carbocycles. The molecule has 0 saturated carbocycles. The van der Waals surface area contributed by atoms with Crippen LogP contribution in [0.1, 0.15) is 5.56 Å². The van der Waals surface area contributed by atoms with Crippen LogP contribution in [-0.2, 0) is 0 Å². The van der Waals surface area contributed by atoms with Gasteiger partial charge in [0, 0.05) is 10.0 Å². The average Bonchev–Trinajstić information content (AvgIpc) is 2.49. The number of hydrogen-bond donors (Lipinski definition) is 1. The van der Waals surface area contributed by atoms with E-state index in [1.807, 2.05) is 42.5 Å². The standard InChI is InChI=1S/C17H13BrN2/c18-17-8-4-3-7-15(17)12-19-20-16-10-9-13-5-1-2-6-14(13)11-16/h1-12,20H/b19-12+. The van der Waals surface area contributed by atoms with Crippen molar-refractivity contribution in [3.05, 3.63) is 76.8 Å². The molecule has 1 N–H and O–H groups in total. The van der Waals surface area contributed by atoms with E-state index < -0.39 is 0 Å². The lowest BCUT2D eigenvalue weighted by atomic mass is 10.1. The van der Waals surface area contributed by atoms with E-state index in [0.717, 1.165) is 15.7 Å². The molecule has 3 heteroatoms. The van der Waals surface area contributed by atoms with Gasteiger partial charge in [-0.3, -0.25) is 5.43 Å². The third-order valence-electron chi connectivity index (χ3n) is 3.05. The number of hydrogen-bond acceptors (Lipinski definition) is 2. The lowest BCUT2D eigenvalue weighted by Gasteiger charge is -2.03. The average molecular weight is 325 g/mol. The monoisotopic (exact) mass is 324 g/mol. The van der Waals surface area contributed by atoms with Gasteiger partial charge < -0.3 is 0 Å². The van der Waals surface area contributed by atoms with Crippen LogP contribution in [0, 0.1) is 0 Å². The Morgan fingerprint density at radius 2 is 1.60 bits per heavy atom. The van der Waals surface area contributed by atoms with Crippen molar-refractivity contribution in [3.63, 3.8) is 0 Å². The van der Waals surface area contributed by atoms with Gasteiger partial charge >= 0.3 is 0 Å². The summed E-state index contributed by atoms with van der Waals surface area (Å²) in [6.07, 6.45) is 1.80. The molecule has 0 saturated heterocycles. The van der Waals surface area contributed by atoms with Gasteiger partial charge in [0.1, 0.15) is 0 Å². The number of fused-ring (bicyclic) bond motifs is 1. The maximum Gasteiger partial charge on any atom is 0.0568 e. The smallest absolute Gasteiger partial charge is 0.0568 e. The van der Waals surface area contributed by atoms with Crippen molar-refractivity contribution >= 4 is 38.6 Å². The highest BCUT2D eigenvalue weighted by Gasteiger charge is 1.95. The van der Waals surface area contributed by atoms with Crippen molar-refractivity contribution in [3.8, 4) is 0 Å². The molecule has 0 radical (unpaired) electrons. The van der Waals surface area contributed by atoms with E-state index in [4.69, 9.17) is 0 Å². The second kappa shape index (κ2) is 5.88. The fraction of sp³-hybridized carbons (Fsp3) is 0. The van der Waals surface area contributed by atoms with Crippen LogP contribution in [-0.4, -0.2) is 6.21 Å². The van der Waals surface area contributed by atoms with E-state index in [1.165, 1.54) is 10.8 Å². The van der Waals surface area contributed by atoms with Crippen LogP contribution < -0.4 is 5.43 Å². The highest BCUT2D eigenvalue weighted by Crippen LogP contribution is 2.19. The number of benzene rings is 3. The third-order valence-corrected chi connectivity index (χ3v) is 3.77. The fourth-order valence-corrected chi connectivity index (χ4v) is 2.40. The van der Waals surface area contributed by atoms with Crippen LogP contribution in [0.5, 0.6) is 0 Å². The molecule has 3 aromatic rings. The SMILES string of the molecule is Brc1ccccc1/C=N/Nc1ccc2ccccc2c1. The molecule has 0 aliphatic rings. The first-order chi connectivity index (χ1) is 9.83. The molecule has 0 bridgehead atoms. The lowest BCUT2D eigenvalue weighted by molar-refractivity contribution is 1.35. The zero-order chi connectivity index (χ0) is 13.8. The summed E-state index contributed by atoms with van der Waals surface area (Å²) >= 11 is 3.50. The summed E-state index contributed by atoms with van der Waals surface area (Å²) in [5.41, 5.74) is 5.08. The lowest BCUT2D eigenvalue weighted by Crippen LogP contribution is -1.91. The van der Waals surface area contributed by atoms with E-state index in [-0.39, 0.29) is 0 Å². The van der Waals surface area contributed by atoms with Gasteiger partial charge in [-0.25, -0.2) is 0 Å². The van der Waals surface area contributed by atoms with Crippen molar-refractivity contribution in [2.45, 2.75) is 0 Å². The number of nitrogens with one attached hydrogen (secondary N) is 1. The first-order valence-electron chi connectivity index (χ1n) is 6.35. The van der Waals surface area contributed by atoms with Crippen molar-refractivity contribution < 1.29 is 0 Å². The summed E-state index contributed by atoms with van der Waals surface area (Å²) in [6.45, 7) is 0. The van der Waals surface area contributed by atoms with E-state index in [2.05, 4.69) is 50.7 Å². The Bertz CT molecular complexity index is 766. The van der Waals surface area contributed by atoms with Crippen LogP contribution in [0.4, 0.5) is 5.69 Å². The molecule has 0 aromatic heterocycles. The van der Waals surface area contributed by atoms with Gasteiger partial charge in [0.25, 0.3) is 0 Å². The summed E-state index contributed by atoms with van der Waals surface area (Å²) in [5, 5.41) is 6.71. The predicted molar refractivity (Wildman–Crippen MR) is 89.3 cm³/mol. The number of nitrogens with zero attached hydrogens (tertiary/aromatic N) is 1. The quantitative estimate of drug-likeness (QED) is 0.529. The van der Waals surface area contributed by atoms with Gasteiger partial charge in [0.2, 0.25) is 0 Å². The molecule has 0 heterocycles. The molecule has 98 valence electrons. The second-order valence-electron chi connectivity index (χ2n) is 4.45. The highest BCUT2D eigenvalue weighted by atomic mass is 79.9. The molecule has 0 fully saturated rings. The maximum absolute atomic E-state index is 4.27. The number of anilines is 1. The van der Waals surface area contributed by atoms with Crippen LogP contribution in [0.25, 0.3) is 10.8 Å². The van der Waals surface area contributed by atoms with Crippen molar-refractivity contribution in [2.75, 3.05) is 5.43 Å². The summed E-state index contributed by atoms with van der Waals surface area (Å²) in [5.74, 6) is 0. The molecule has 0 aliphatic heterocycles.